The van der Waals surface area contributed by atoms with Crippen molar-refractivity contribution in [1.82, 2.24) is 9.62 Å². The van der Waals surface area contributed by atoms with Gasteiger partial charge in [0.2, 0.25) is 10.0 Å². The predicted octanol–water partition coefficient (Wildman–Crippen LogP) is 3.00. The lowest BCUT2D eigenvalue weighted by atomic mass is 10.1. The first kappa shape index (κ1) is 18.6. The fraction of sp³-hybridized carbons (Fsp3) is 0.625. The van der Waals surface area contributed by atoms with Crippen LogP contribution in [0.1, 0.15) is 31.2 Å². The van der Waals surface area contributed by atoms with E-state index in [1.54, 1.807) is 0 Å². The molecule has 0 radical (unpaired) electrons. The maximum absolute atomic E-state index is 13.4. The molecule has 0 unspecified atom stereocenters. The molecule has 0 aromatic heterocycles. The summed E-state index contributed by atoms with van der Waals surface area (Å²) < 4.78 is 78.1. The van der Waals surface area contributed by atoms with E-state index in [2.05, 4.69) is 5.32 Å². The van der Waals surface area contributed by atoms with Gasteiger partial charge < -0.3 is 5.32 Å². The van der Waals surface area contributed by atoms with Crippen LogP contribution >= 0.6 is 0 Å². The van der Waals surface area contributed by atoms with Gasteiger partial charge in [0.05, 0.1) is 10.5 Å². The molecule has 2 aliphatic rings. The summed E-state index contributed by atoms with van der Waals surface area (Å²) in [4.78, 5) is -0.523. The molecule has 4 nitrogen and oxygen atoms in total. The van der Waals surface area contributed by atoms with Crippen molar-refractivity contribution in [2.24, 2.45) is 5.92 Å². The highest BCUT2D eigenvalue weighted by Gasteiger charge is 2.37. The quantitative estimate of drug-likeness (QED) is 0.799. The Labute approximate surface area is 144 Å². The number of hydrogen-bond acceptors (Lipinski definition) is 3. The zero-order valence-corrected chi connectivity index (χ0v) is 14.3. The van der Waals surface area contributed by atoms with Crippen molar-refractivity contribution in [1.29, 1.82) is 0 Å². The number of benzene rings is 1. The van der Waals surface area contributed by atoms with Crippen LogP contribution in [0.25, 0.3) is 0 Å². The molecule has 1 saturated carbocycles. The van der Waals surface area contributed by atoms with Gasteiger partial charge >= 0.3 is 6.18 Å². The minimum Gasteiger partial charge on any atom is -0.314 e. The van der Waals surface area contributed by atoms with Gasteiger partial charge in [0.25, 0.3) is 0 Å². The molecule has 2 fully saturated rings. The van der Waals surface area contributed by atoms with Gasteiger partial charge in [-0.25, -0.2) is 12.8 Å². The van der Waals surface area contributed by atoms with E-state index in [1.807, 2.05) is 0 Å². The molecule has 0 bridgehead atoms. The van der Waals surface area contributed by atoms with Crippen LogP contribution in [0.5, 0.6) is 0 Å². The summed E-state index contributed by atoms with van der Waals surface area (Å²) in [6.45, 7) is 1.41. The molecule has 1 aliphatic carbocycles. The van der Waals surface area contributed by atoms with Crippen LogP contribution in [-0.4, -0.2) is 38.4 Å². The molecule has 0 spiro atoms. The van der Waals surface area contributed by atoms with E-state index in [0.717, 1.165) is 18.5 Å². The van der Waals surface area contributed by atoms with Crippen LogP contribution in [0, 0.1) is 11.7 Å². The Bertz CT molecular complexity index is 724. The molecule has 1 heterocycles. The number of nitrogens with zero attached hydrogens (tertiary/aromatic N) is 1. The molecule has 1 N–H and O–H groups in total. The molecule has 1 aromatic rings. The number of alkyl halides is 3. The largest absolute Gasteiger partial charge is 0.419 e. The molecule has 140 valence electrons. The first-order valence-electron chi connectivity index (χ1n) is 8.28. The Morgan fingerprint density at radius 2 is 1.76 bits per heavy atom. The second-order valence-electron chi connectivity index (χ2n) is 6.67. The van der Waals surface area contributed by atoms with Crippen molar-refractivity contribution >= 4 is 10.0 Å². The summed E-state index contributed by atoms with van der Waals surface area (Å²) in [5.74, 6) is -0.754. The Kier molecular flexibility index (Phi) is 5.09. The lowest BCUT2D eigenvalue weighted by molar-refractivity contribution is -0.140. The highest BCUT2D eigenvalue weighted by atomic mass is 32.2. The molecular weight excluding hydrogens is 360 g/mol. The van der Waals surface area contributed by atoms with Crippen molar-refractivity contribution < 1.29 is 26.0 Å². The molecule has 1 aliphatic heterocycles. The summed E-state index contributed by atoms with van der Waals surface area (Å²) in [7, 11) is -4.07. The number of nitrogens with one attached hydrogen (secondary N) is 1. The van der Waals surface area contributed by atoms with Gasteiger partial charge in [-0.05, 0) is 56.3 Å². The molecule has 1 aromatic carbocycles. The monoisotopic (exact) mass is 380 g/mol. The average molecular weight is 380 g/mol. The van der Waals surface area contributed by atoms with Gasteiger partial charge in [-0.1, -0.05) is 0 Å². The van der Waals surface area contributed by atoms with Gasteiger partial charge in [-0.15, -0.1) is 0 Å². The van der Waals surface area contributed by atoms with Gasteiger partial charge in [0, 0.05) is 19.1 Å². The fourth-order valence-electron chi connectivity index (χ4n) is 2.99. The maximum atomic E-state index is 13.4. The Balaban J connectivity index is 1.69. The van der Waals surface area contributed by atoms with Gasteiger partial charge in [-0.2, -0.15) is 17.5 Å². The summed E-state index contributed by atoms with van der Waals surface area (Å²) >= 11 is 0. The van der Waals surface area contributed by atoms with E-state index in [4.69, 9.17) is 0 Å². The van der Waals surface area contributed by atoms with E-state index in [1.165, 1.54) is 17.1 Å². The number of sulfonamides is 1. The van der Waals surface area contributed by atoms with Crippen LogP contribution in [0.4, 0.5) is 17.6 Å². The third kappa shape index (κ3) is 4.32. The predicted molar refractivity (Wildman–Crippen MR) is 83.9 cm³/mol. The SMILES string of the molecule is O=S(=O)(c1ccc(F)c(C(F)(F)F)c1)N1CCC(NCC2CC2)CC1. The van der Waals surface area contributed by atoms with Crippen LogP contribution < -0.4 is 5.32 Å². The molecule has 9 heteroatoms. The smallest absolute Gasteiger partial charge is 0.314 e. The molecule has 3 rings (SSSR count). The fourth-order valence-corrected chi connectivity index (χ4v) is 4.48. The van der Waals surface area contributed by atoms with Crippen molar-refractivity contribution in [3.05, 3.63) is 29.6 Å². The first-order valence-corrected chi connectivity index (χ1v) is 9.72. The van der Waals surface area contributed by atoms with Gasteiger partial charge in [-0.3, -0.25) is 0 Å². The van der Waals surface area contributed by atoms with Crippen LogP contribution in [0.2, 0.25) is 0 Å². The lowest BCUT2D eigenvalue weighted by Gasteiger charge is -2.32. The second-order valence-corrected chi connectivity index (χ2v) is 8.61. The van der Waals surface area contributed by atoms with E-state index < -0.39 is 32.5 Å². The van der Waals surface area contributed by atoms with Crippen molar-refractivity contribution in [2.45, 2.75) is 42.8 Å². The van der Waals surface area contributed by atoms with E-state index in [0.29, 0.717) is 25.0 Å². The summed E-state index contributed by atoms with van der Waals surface area (Å²) in [6, 6.07) is 2.05. The van der Waals surface area contributed by atoms with Crippen molar-refractivity contribution in [3.8, 4) is 0 Å². The second kappa shape index (κ2) is 6.85. The minimum atomic E-state index is -4.94. The summed E-state index contributed by atoms with van der Waals surface area (Å²) in [6.07, 6.45) is -1.26. The van der Waals surface area contributed by atoms with Crippen LogP contribution in [-0.2, 0) is 16.2 Å². The highest BCUT2D eigenvalue weighted by Crippen LogP contribution is 2.34. The average Bonchev–Trinajstić information content (AvgIpc) is 3.37. The molecular formula is C16H20F4N2O2S. The summed E-state index contributed by atoms with van der Waals surface area (Å²) in [5, 5.41) is 3.41. The van der Waals surface area contributed by atoms with Crippen molar-refractivity contribution in [2.75, 3.05) is 19.6 Å². The van der Waals surface area contributed by atoms with Gasteiger partial charge in [0.1, 0.15) is 5.82 Å². The maximum Gasteiger partial charge on any atom is 0.419 e. The number of halogens is 4. The summed E-state index contributed by atoms with van der Waals surface area (Å²) in [5.41, 5.74) is -1.56. The van der Waals surface area contributed by atoms with E-state index >= 15 is 0 Å². The minimum absolute atomic E-state index is 0.228. The molecule has 25 heavy (non-hydrogen) atoms. The highest BCUT2D eigenvalue weighted by molar-refractivity contribution is 7.89. The van der Waals surface area contributed by atoms with Gasteiger partial charge in [0.15, 0.2) is 0 Å². The van der Waals surface area contributed by atoms with Crippen LogP contribution in [0.15, 0.2) is 23.1 Å². The first-order chi connectivity index (χ1) is 11.7. The normalized spacial score (nSPS) is 20.8. The number of hydrogen-bond donors (Lipinski definition) is 1. The molecule has 1 saturated heterocycles. The van der Waals surface area contributed by atoms with E-state index in [-0.39, 0.29) is 19.1 Å². The zero-order valence-electron chi connectivity index (χ0n) is 13.5. The van der Waals surface area contributed by atoms with Crippen LogP contribution in [0.3, 0.4) is 0 Å². The Hall–Kier alpha value is -1.19. The topological polar surface area (TPSA) is 49.4 Å². The van der Waals surface area contributed by atoms with E-state index in [9.17, 15) is 26.0 Å². The third-order valence-electron chi connectivity index (χ3n) is 4.73. The molecule has 0 atom stereocenters. The Morgan fingerprint density at radius 3 is 2.32 bits per heavy atom. The Morgan fingerprint density at radius 1 is 1.12 bits per heavy atom. The molecule has 0 amide bonds. The zero-order chi connectivity index (χ0) is 18.2. The van der Waals surface area contributed by atoms with Crippen molar-refractivity contribution in [3.63, 3.8) is 0 Å². The standard InChI is InChI=1S/C16H20F4N2O2S/c17-15-4-3-13(9-14(15)16(18,19)20)25(23,24)22-7-5-12(6-8-22)21-10-11-1-2-11/h3-4,9,11-12,21H,1-2,5-8,10H2. The number of piperidine rings is 1. The number of rotatable bonds is 5. The third-order valence-corrected chi connectivity index (χ3v) is 6.62. The lowest BCUT2D eigenvalue weighted by Crippen LogP contribution is -2.45.